The quantitative estimate of drug-likeness (QED) is 0.732. The fourth-order valence-electron chi connectivity index (χ4n) is 0.972. The van der Waals surface area contributed by atoms with Crippen LogP contribution in [-0.4, -0.2) is 37.0 Å². The lowest BCUT2D eigenvalue weighted by Gasteiger charge is -2.08. The number of aromatic nitrogens is 3. The molecular formula is C8H16N4OS. The summed E-state index contributed by atoms with van der Waals surface area (Å²) in [6.45, 7) is 3.35. The van der Waals surface area contributed by atoms with Crippen LogP contribution in [0.15, 0.2) is 6.33 Å². The average molecular weight is 216 g/mol. The first-order valence-electron chi connectivity index (χ1n) is 4.47. The van der Waals surface area contributed by atoms with E-state index >= 15 is 0 Å². The highest BCUT2D eigenvalue weighted by Crippen LogP contribution is 1.93. The highest BCUT2D eigenvalue weighted by molar-refractivity contribution is 7.84. The molecule has 80 valence electrons. The Morgan fingerprint density at radius 1 is 1.71 bits per heavy atom. The van der Waals surface area contributed by atoms with Gasteiger partial charge in [0.25, 0.3) is 0 Å². The van der Waals surface area contributed by atoms with E-state index in [4.69, 9.17) is 0 Å². The molecule has 5 nitrogen and oxygen atoms in total. The van der Waals surface area contributed by atoms with Crippen molar-refractivity contribution >= 4 is 10.8 Å². The molecule has 0 saturated carbocycles. The summed E-state index contributed by atoms with van der Waals surface area (Å²) in [7, 11) is 1.13. The summed E-state index contributed by atoms with van der Waals surface area (Å²) in [4.78, 5) is 0. The van der Waals surface area contributed by atoms with Crippen LogP contribution in [0.4, 0.5) is 0 Å². The molecule has 0 aromatic carbocycles. The number of aryl methyl sites for hydroxylation is 1. The summed E-state index contributed by atoms with van der Waals surface area (Å²) in [6, 6.07) is 0. The van der Waals surface area contributed by atoms with E-state index in [-0.39, 0.29) is 5.25 Å². The van der Waals surface area contributed by atoms with Crippen LogP contribution in [0.5, 0.6) is 0 Å². The van der Waals surface area contributed by atoms with E-state index in [0.717, 1.165) is 12.4 Å². The second-order valence-electron chi connectivity index (χ2n) is 3.30. The van der Waals surface area contributed by atoms with E-state index in [0.29, 0.717) is 6.54 Å². The predicted octanol–water partition coefficient (Wildman–Crippen LogP) is -0.328. The van der Waals surface area contributed by atoms with E-state index in [1.54, 1.807) is 12.6 Å². The Kier molecular flexibility index (Phi) is 4.21. The Bertz CT molecular complexity index is 312. The smallest absolute Gasteiger partial charge is 0.146 e. The monoisotopic (exact) mass is 216 g/mol. The SMILES string of the molecule is CC(CNCc1nncn1C)S(C)=O. The molecule has 2 unspecified atom stereocenters. The third kappa shape index (κ3) is 3.19. The van der Waals surface area contributed by atoms with Crippen molar-refractivity contribution in [2.75, 3.05) is 12.8 Å². The predicted molar refractivity (Wildman–Crippen MR) is 56.2 cm³/mol. The second kappa shape index (κ2) is 5.21. The number of nitrogens with one attached hydrogen (secondary N) is 1. The summed E-state index contributed by atoms with van der Waals surface area (Å²) in [5.74, 6) is 0.888. The minimum atomic E-state index is -0.769. The van der Waals surface area contributed by atoms with Gasteiger partial charge in [0, 0.05) is 35.9 Å². The van der Waals surface area contributed by atoms with E-state index in [9.17, 15) is 4.21 Å². The molecule has 0 bridgehead atoms. The van der Waals surface area contributed by atoms with Gasteiger partial charge in [-0.15, -0.1) is 10.2 Å². The van der Waals surface area contributed by atoms with E-state index in [1.165, 1.54) is 0 Å². The van der Waals surface area contributed by atoms with Crippen LogP contribution < -0.4 is 5.32 Å². The molecule has 0 saturated heterocycles. The summed E-state index contributed by atoms with van der Waals surface area (Å²) in [6.07, 6.45) is 3.38. The molecule has 0 spiro atoms. The van der Waals surface area contributed by atoms with Crippen LogP contribution in [0.25, 0.3) is 0 Å². The van der Waals surface area contributed by atoms with Gasteiger partial charge in [-0.25, -0.2) is 0 Å². The van der Waals surface area contributed by atoms with Gasteiger partial charge >= 0.3 is 0 Å². The van der Waals surface area contributed by atoms with Crippen molar-refractivity contribution in [1.82, 2.24) is 20.1 Å². The highest BCUT2D eigenvalue weighted by atomic mass is 32.2. The minimum Gasteiger partial charge on any atom is -0.320 e. The Labute approximate surface area is 86.4 Å². The van der Waals surface area contributed by atoms with Gasteiger partial charge in [0.2, 0.25) is 0 Å². The van der Waals surface area contributed by atoms with Crippen molar-refractivity contribution in [2.45, 2.75) is 18.7 Å². The standard InChI is InChI=1S/C8H16N4OS/c1-7(14(3)13)4-9-5-8-11-10-6-12(8)2/h6-7,9H,4-5H2,1-3H3. The molecule has 0 amide bonds. The van der Waals surface area contributed by atoms with Gasteiger partial charge in [-0.1, -0.05) is 0 Å². The Morgan fingerprint density at radius 3 is 2.93 bits per heavy atom. The average Bonchev–Trinajstić information content (AvgIpc) is 2.51. The largest absolute Gasteiger partial charge is 0.320 e. The van der Waals surface area contributed by atoms with Crippen molar-refractivity contribution in [3.63, 3.8) is 0 Å². The number of rotatable bonds is 5. The molecule has 0 aliphatic carbocycles. The number of nitrogens with zero attached hydrogens (tertiary/aromatic N) is 3. The number of hydrogen-bond donors (Lipinski definition) is 1. The number of hydrogen-bond acceptors (Lipinski definition) is 4. The first-order chi connectivity index (χ1) is 6.61. The van der Waals surface area contributed by atoms with Crippen LogP contribution in [0.3, 0.4) is 0 Å². The van der Waals surface area contributed by atoms with Gasteiger partial charge in [-0.05, 0) is 6.92 Å². The van der Waals surface area contributed by atoms with E-state index in [2.05, 4.69) is 15.5 Å². The fraction of sp³-hybridized carbons (Fsp3) is 0.750. The van der Waals surface area contributed by atoms with Gasteiger partial charge in [0.05, 0.1) is 6.54 Å². The van der Waals surface area contributed by atoms with Crippen molar-refractivity contribution in [2.24, 2.45) is 7.05 Å². The van der Waals surface area contributed by atoms with Crippen molar-refractivity contribution in [3.8, 4) is 0 Å². The highest BCUT2D eigenvalue weighted by Gasteiger charge is 2.06. The minimum absolute atomic E-state index is 0.170. The van der Waals surface area contributed by atoms with Gasteiger partial charge < -0.3 is 9.88 Å². The van der Waals surface area contributed by atoms with Crippen molar-refractivity contribution in [3.05, 3.63) is 12.2 Å². The van der Waals surface area contributed by atoms with E-state index < -0.39 is 10.8 Å². The van der Waals surface area contributed by atoms with Crippen LogP contribution in [0.2, 0.25) is 0 Å². The molecule has 1 aromatic rings. The van der Waals surface area contributed by atoms with Crippen molar-refractivity contribution in [1.29, 1.82) is 0 Å². The summed E-state index contributed by atoms with van der Waals surface area (Å²) in [5.41, 5.74) is 0. The first-order valence-corrected chi connectivity index (χ1v) is 6.09. The zero-order valence-corrected chi connectivity index (χ0v) is 9.54. The molecule has 2 atom stereocenters. The first kappa shape index (κ1) is 11.3. The third-order valence-electron chi connectivity index (χ3n) is 2.09. The fourth-order valence-corrected chi connectivity index (χ4v) is 1.32. The zero-order chi connectivity index (χ0) is 10.6. The molecule has 6 heteroatoms. The van der Waals surface area contributed by atoms with Gasteiger partial charge in [-0.3, -0.25) is 4.21 Å². The van der Waals surface area contributed by atoms with Crippen LogP contribution in [-0.2, 0) is 24.4 Å². The molecule has 1 aromatic heterocycles. The molecular weight excluding hydrogens is 200 g/mol. The summed E-state index contributed by atoms with van der Waals surface area (Å²) in [5, 5.41) is 11.1. The van der Waals surface area contributed by atoms with Gasteiger partial charge in [0.1, 0.15) is 12.2 Å². The second-order valence-corrected chi connectivity index (χ2v) is 5.10. The maximum absolute atomic E-state index is 11.0. The summed E-state index contributed by atoms with van der Waals surface area (Å²) >= 11 is 0. The Hall–Kier alpha value is -0.750. The molecule has 0 aliphatic heterocycles. The van der Waals surface area contributed by atoms with Crippen molar-refractivity contribution < 1.29 is 4.21 Å². The van der Waals surface area contributed by atoms with E-state index in [1.807, 2.05) is 18.5 Å². The molecule has 0 aliphatic rings. The molecule has 1 heterocycles. The van der Waals surface area contributed by atoms with Crippen LogP contribution in [0.1, 0.15) is 12.7 Å². The molecule has 1 rings (SSSR count). The zero-order valence-electron chi connectivity index (χ0n) is 8.73. The maximum atomic E-state index is 11.0. The molecule has 1 N–H and O–H groups in total. The van der Waals surface area contributed by atoms with Crippen LogP contribution in [0, 0.1) is 0 Å². The lowest BCUT2D eigenvalue weighted by Crippen LogP contribution is -2.28. The molecule has 14 heavy (non-hydrogen) atoms. The third-order valence-corrected chi connectivity index (χ3v) is 3.39. The topological polar surface area (TPSA) is 59.8 Å². The lowest BCUT2D eigenvalue weighted by atomic mass is 10.4. The lowest BCUT2D eigenvalue weighted by molar-refractivity contribution is 0.620. The Balaban J connectivity index is 2.29. The van der Waals surface area contributed by atoms with Gasteiger partial charge in [-0.2, -0.15) is 0 Å². The molecule has 0 fully saturated rings. The molecule has 0 radical (unpaired) electrons. The maximum Gasteiger partial charge on any atom is 0.146 e. The summed E-state index contributed by atoms with van der Waals surface area (Å²) < 4.78 is 12.9. The van der Waals surface area contributed by atoms with Gasteiger partial charge in [0.15, 0.2) is 0 Å². The normalized spacial score (nSPS) is 15.4. The Morgan fingerprint density at radius 2 is 2.43 bits per heavy atom. The van der Waals surface area contributed by atoms with Crippen LogP contribution >= 0.6 is 0 Å².